The van der Waals surface area contributed by atoms with E-state index in [0.29, 0.717) is 11.3 Å². The lowest BCUT2D eigenvalue weighted by Crippen LogP contribution is -2.31. The van der Waals surface area contributed by atoms with Crippen LogP contribution in [0.4, 0.5) is 0 Å². The molecule has 0 aromatic carbocycles. The third-order valence-corrected chi connectivity index (χ3v) is 3.65. The van der Waals surface area contributed by atoms with E-state index in [-0.39, 0.29) is 18.6 Å². The molecule has 1 aromatic heterocycles. The molecule has 19 heavy (non-hydrogen) atoms. The van der Waals surface area contributed by atoms with E-state index in [4.69, 9.17) is 5.11 Å². The fourth-order valence-electron chi connectivity index (χ4n) is 1.61. The van der Waals surface area contributed by atoms with Crippen LogP contribution in [0, 0.1) is 11.8 Å². The van der Waals surface area contributed by atoms with Crippen LogP contribution in [0.15, 0.2) is 12.1 Å². The second kappa shape index (κ2) is 8.73. The minimum Gasteiger partial charge on any atom is -0.395 e. The number of nitrogens with one attached hydrogen (secondary N) is 1. The van der Waals surface area contributed by atoms with Crippen molar-refractivity contribution in [2.24, 2.45) is 0 Å². The zero-order valence-electron chi connectivity index (χ0n) is 11.5. The van der Waals surface area contributed by atoms with Crippen molar-refractivity contribution < 1.29 is 9.90 Å². The molecule has 104 valence electrons. The predicted molar refractivity (Wildman–Crippen MR) is 79.4 cm³/mol. The topological polar surface area (TPSA) is 49.3 Å². The normalized spacial score (nSPS) is 11.5. The monoisotopic (exact) mass is 279 g/mol. The summed E-state index contributed by atoms with van der Waals surface area (Å²) < 4.78 is 0. The SMILES string of the molecule is CCCCC(C)NC(=O)c1ccc(C#CCCO)s1. The lowest BCUT2D eigenvalue weighted by Gasteiger charge is -2.12. The Labute approximate surface area is 119 Å². The minimum atomic E-state index is -0.0242. The number of carbonyl (C=O) groups excluding carboxylic acids is 1. The Bertz CT molecular complexity index is 456. The Kier molecular flexibility index (Phi) is 7.24. The van der Waals surface area contributed by atoms with Crippen molar-refractivity contribution in [3.63, 3.8) is 0 Å². The first-order valence-electron chi connectivity index (χ1n) is 6.67. The number of hydrogen-bond donors (Lipinski definition) is 2. The van der Waals surface area contributed by atoms with Gasteiger partial charge < -0.3 is 10.4 Å². The fraction of sp³-hybridized carbons (Fsp3) is 0.533. The molecule has 1 amide bonds. The number of amides is 1. The first-order chi connectivity index (χ1) is 9.17. The van der Waals surface area contributed by atoms with Gasteiger partial charge in [-0.25, -0.2) is 0 Å². The maximum absolute atomic E-state index is 12.0. The van der Waals surface area contributed by atoms with Crippen molar-refractivity contribution in [2.75, 3.05) is 6.61 Å². The van der Waals surface area contributed by atoms with E-state index >= 15 is 0 Å². The quantitative estimate of drug-likeness (QED) is 0.787. The maximum atomic E-state index is 12.0. The van der Waals surface area contributed by atoms with Crippen molar-refractivity contribution >= 4 is 17.2 Å². The highest BCUT2D eigenvalue weighted by molar-refractivity contribution is 7.14. The molecule has 0 fully saturated rings. The fourth-order valence-corrected chi connectivity index (χ4v) is 2.39. The molecule has 1 rings (SSSR count). The van der Waals surface area contributed by atoms with Gasteiger partial charge in [0.15, 0.2) is 0 Å². The number of thiophene rings is 1. The molecule has 4 heteroatoms. The van der Waals surface area contributed by atoms with Gasteiger partial charge in [0.05, 0.1) is 16.4 Å². The number of unbranched alkanes of at least 4 members (excludes halogenated alkanes) is 1. The molecule has 0 aliphatic carbocycles. The smallest absolute Gasteiger partial charge is 0.261 e. The van der Waals surface area contributed by atoms with Gasteiger partial charge in [-0.3, -0.25) is 4.79 Å². The highest BCUT2D eigenvalue weighted by Crippen LogP contribution is 2.15. The molecule has 0 aliphatic heterocycles. The number of aliphatic hydroxyl groups is 1. The van der Waals surface area contributed by atoms with Crippen LogP contribution in [0.5, 0.6) is 0 Å². The van der Waals surface area contributed by atoms with Gasteiger partial charge in [-0.2, -0.15) is 0 Å². The van der Waals surface area contributed by atoms with Crippen molar-refractivity contribution in [1.82, 2.24) is 5.32 Å². The van der Waals surface area contributed by atoms with Crippen molar-refractivity contribution in [2.45, 2.75) is 45.6 Å². The standard InChI is InChI=1S/C15H21NO2S/c1-3-4-7-12(2)16-15(18)14-10-9-13(19-14)8-5-6-11-17/h9-10,12,17H,3-4,6-7,11H2,1-2H3,(H,16,18). The molecule has 1 unspecified atom stereocenters. The van der Waals surface area contributed by atoms with Gasteiger partial charge in [0.2, 0.25) is 0 Å². The predicted octanol–water partition coefficient (Wildman–Crippen LogP) is 2.79. The van der Waals surface area contributed by atoms with E-state index in [2.05, 4.69) is 24.1 Å². The molecule has 1 heterocycles. The first-order valence-corrected chi connectivity index (χ1v) is 7.49. The Morgan fingerprint density at radius 1 is 1.53 bits per heavy atom. The Morgan fingerprint density at radius 3 is 3.00 bits per heavy atom. The van der Waals surface area contributed by atoms with E-state index in [1.807, 2.05) is 13.0 Å². The lowest BCUT2D eigenvalue weighted by atomic mass is 10.1. The molecular weight excluding hydrogens is 258 g/mol. The molecule has 0 aliphatic rings. The van der Waals surface area contributed by atoms with Gasteiger partial charge >= 0.3 is 0 Å². The van der Waals surface area contributed by atoms with Gasteiger partial charge in [-0.15, -0.1) is 11.3 Å². The summed E-state index contributed by atoms with van der Waals surface area (Å²) in [5.41, 5.74) is 0. The third-order valence-electron chi connectivity index (χ3n) is 2.65. The number of hydrogen-bond acceptors (Lipinski definition) is 3. The highest BCUT2D eigenvalue weighted by atomic mass is 32.1. The second-order valence-electron chi connectivity index (χ2n) is 4.46. The van der Waals surface area contributed by atoms with E-state index < -0.39 is 0 Å². The van der Waals surface area contributed by atoms with Crippen LogP contribution in [0.2, 0.25) is 0 Å². The first kappa shape index (κ1) is 15.7. The zero-order valence-corrected chi connectivity index (χ0v) is 12.3. The summed E-state index contributed by atoms with van der Waals surface area (Å²) in [6.45, 7) is 4.24. The van der Waals surface area contributed by atoms with E-state index in [9.17, 15) is 4.79 Å². The van der Waals surface area contributed by atoms with Crippen molar-refractivity contribution in [3.05, 3.63) is 21.9 Å². The average Bonchev–Trinajstić information content (AvgIpc) is 2.85. The largest absolute Gasteiger partial charge is 0.395 e. The molecule has 1 atom stereocenters. The van der Waals surface area contributed by atoms with Crippen LogP contribution >= 0.6 is 11.3 Å². The van der Waals surface area contributed by atoms with Crippen LogP contribution < -0.4 is 5.32 Å². The Balaban J connectivity index is 2.52. The van der Waals surface area contributed by atoms with E-state index in [1.165, 1.54) is 11.3 Å². The summed E-state index contributed by atoms with van der Waals surface area (Å²) in [5.74, 6) is 5.76. The van der Waals surface area contributed by atoms with Crippen LogP contribution in [0.3, 0.4) is 0 Å². The molecule has 0 radical (unpaired) electrons. The van der Waals surface area contributed by atoms with Gasteiger partial charge in [-0.1, -0.05) is 31.6 Å². The van der Waals surface area contributed by atoms with Crippen LogP contribution in [-0.4, -0.2) is 23.7 Å². The number of aliphatic hydroxyl groups excluding tert-OH is 1. The van der Waals surface area contributed by atoms with Gasteiger partial charge in [0, 0.05) is 12.5 Å². The molecule has 3 nitrogen and oxygen atoms in total. The Hall–Kier alpha value is -1.31. The van der Waals surface area contributed by atoms with Gasteiger partial charge in [0.25, 0.3) is 5.91 Å². The van der Waals surface area contributed by atoms with Gasteiger partial charge in [-0.05, 0) is 25.5 Å². The third kappa shape index (κ3) is 5.91. The summed E-state index contributed by atoms with van der Waals surface area (Å²) in [6, 6.07) is 3.86. The zero-order chi connectivity index (χ0) is 14.1. The number of rotatable bonds is 6. The van der Waals surface area contributed by atoms with E-state index in [0.717, 1.165) is 24.1 Å². The van der Waals surface area contributed by atoms with Crippen molar-refractivity contribution in [1.29, 1.82) is 0 Å². The molecule has 1 aromatic rings. The van der Waals surface area contributed by atoms with Gasteiger partial charge in [0.1, 0.15) is 0 Å². The minimum absolute atomic E-state index is 0.0242. The van der Waals surface area contributed by atoms with Crippen LogP contribution in [-0.2, 0) is 0 Å². The molecule has 0 saturated heterocycles. The van der Waals surface area contributed by atoms with E-state index in [1.54, 1.807) is 6.07 Å². The van der Waals surface area contributed by atoms with Crippen LogP contribution in [0.25, 0.3) is 0 Å². The van der Waals surface area contributed by atoms with Crippen molar-refractivity contribution in [3.8, 4) is 11.8 Å². The Morgan fingerprint density at radius 2 is 2.32 bits per heavy atom. The molecule has 2 N–H and O–H groups in total. The summed E-state index contributed by atoms with van der Waals surface area (Å²) in [7, 11) is 0. The summed E-state index contributed by atoms with van der Waals surface area (Å²) in [5, 5.41) is 11.6. The summed E-state index contributed by atoms with van der Waals surface area (Å²) in [6.07, 6.45) is 3.75. The van der Waals surface area contributed by atoms with Crippen LogP contribution in [0.1, 0.15) is 54.1 Å². The summed E-state index contributed by atoms with van der Waals surface area (Å²) >= 11 is 1.39. The lowest BCUT2D eigenvalue weighted by molar-refractivity contribution is 0.0942. The average molecular weight is 279 g/mol. The second-order valence-corrected chi connectivity index (χ2v) is 5.54. The maximum Gasteiger partial charge on any atom is 0.261 e. The molecule has 0 saturated carbocycles. The molecular formula is C15H21NO2S. The number of carbonyl (C=O) groups is 1. The molecule has 0 bridgehead atoms. The molecule has 0 spiro atoms. The summed E-state index contributed by atoms with van der Waals surface area (Å²) in [4.78, 5) is 13.5. The highest BCUT2D eigenvalue weighted by Gasteiger charge is 2.11.